The molecule has 1 aliphatic rings. The summed E-state index contributed by atoms with van der Waals surface area (Å²) in [4.78, 5) is 14.0. The lowest BCUT2D eigenvalue weighted by Gasteiger charge is -2.48. The van der Waals surface area contributed by atoms with Crippen LogP contribution in [0.2, 0.25) is 0 Å². The zero-order chi connectivity index (χ0) is 19.9. The maximum atomic E-state index is 14.4. The van der Waals surface area contributed by atoms with Crippen molar-refractivity contribution in [2.75, 3.05) is 18.4 Å². The van der Waals surface area contributed by atoms with E-state index in [1.165, 1.54) is 17.0 Å². The Morgan fingerprint density at radius 3 is 2.46 bits per heavy atom. The van der Waals surface area contributed by atoms with E-state index in [2.05, 4.69) is 5.32 Å². The average Bonchev–Trinajstić information content (AvgIpc) is 2.57. The number of likely N-dealkylation sites (tertiary alicyclic amines) is 1. The van der Waals surface area contributed by atoms with E-state index >= 15 is 0 Å². The van der Waals surface area contributed by atoms with E-state index in [4.69, 9.17) is 5.73 Å². The summed E-state index contributed by atoms with van der Waals surface area (Å²) in [5.41, 5.74) is 3.74. The zero-order valence-electron chi connectivity index (χ0n) is 14.7. The van der Waals surface area contributed by atoms with Gasteiger partial charge in [-0.1, -0.05) is 0 Å². The third kappa shape index (κ3) is 4.22. The van der Waals surface area contributed by atoms with Crippen molar-refractivity contribution in [3.05, 3.63) is 56.9 Å². The van der Waals surface area contributed by atoms with Gasteiger partial charge in [0.15, 0.2) is 11.6 Å². The minimum absolute atomic E-state index is 0. The van der Waals surface area contributed by atoms with Crippen molar-refractivity contribution < 1.29 is 23.1 Å². The molecule has 0 radical (unpaired) electrons. The summed E-state index contributed by atoms with van der Waals surface area (Å²) in [6, 6.07) is 5.58. The normalized spacial score (nSPS) is 16.0. The van der Waals surface area contributed by atoms with Crippen molar-refractivity contribution in [2.45, 2.75) is 18.6 Å². The molecule has 1 amide bonds. The Balaban J connectivity index is 0.00000280. The highest BCUT2D eigenvalue weighted by Crippen LogP contribution is 2.32. The fourth-order valence-corrected chi connectivity index (χ4v) is 3.25. The van der Waals surface area contributed by atoms with Gasteiger partial charge in [0.1, 0.15) is 11.4 Å². The van der Waals surface area contributed by atoms with Crippen LogP contribution >= 0.6 is 35.0 Å². The highest BCUT2D eigenvalue weighted by atomic mass is 127. The summed E-state index contributed by atoms with van der Waals surface area (Å²) in [5, 5.41) is 12.7. The van der Waals surface area contributed by atoms with Crippen LogP contribution in [-0.2, 0) is 0 Å². The molecule has 152 valence electrons. The minimum atomic E-state index is -1.29. The second kappa shape index (κ2) is 8.44. The molecule has 10 heteroatoms. The van der Waals surface area contributed by atoms with Crippen LogP contribution in [0.3, 0.4) is 0 Å². The number of nitrogens with two attached hydrogens (primary N) is 1. The molecule has 0 saturated carbocycles. The number of nitrogens with one attached hydrogen (secondary N) is 1. The molecule has 28 heavy (non-hydrogen) atoms. The quantitative estimate of drug-likeness (QED) is 0.533. The van der Waals surface area contributed by atoms with E-state index in [0.717, 1.165) is 12.1 Å². The number of hydrogen-bond acceptors (Lipinski definition) is 4. The van der Waals surface area contributed by atoms with Gasteiger partial charge in [-0.05, 0) is 59.8 Å². The maximum absolute atomic E-state index is 14.4. The summed E-state index contributed by atoms with van der Waals surface area (Å²) in [5.74, 6) is -3.75. The topological polar surface area (TPSA) is 78.6 Å². The molecule has 0 aromatic heterocycles. The third-order valence-corrected chi connectivity index (χ3v) is 5.25. The molecule has 0 spiro atoms. The second-order valence-electron chi connectivity index (χ2n) is 6.59. The van der Waals surface area contributed by atoms with Gasteiger partial charge in [-0.3, -0.25) is 4.79 Å². The number of carbonyl (C=O) groups is 1. The summed E-state index contributed by atoms with van der Waals surface area (Å²) >= 11 is 1.92. The summed E-state index contributed by atoms with van der Waals surface area (Å²) < 4.78 is 42.8. The van der Waals surface area contributed by atoms with Gasteiger partial charge in [0.2, 0.25) is 0 Å². The number of β-amino-alcohol motifs (C(OH)–C–C–N with tert-alkyl or cyclic N) is 1. The number of benzene rings is 2. The number of carbonyl (C=O) groups excluding carboxylic acids is 1. The summed E-state index contributed by atoms with van der Waals surface area (Å²) in [7, 11) is 0. The lowest BCUT2D eigenvalue weighted by atomic mass is 9.87. The molecule has 1 saturated heterocycles. The molecule has 1 heterocycles. The monoisotopic (exact) mass is 527 g/mol. The molecular weight excluding hydrogens is 510 g/mol. The maximum Gasteiger partial charge on any atom is 0.256 e. The van der Waals surface area contributed by atoms with Gasteiger partial charge >= 0.3 is 0 Å². The van der Waals surface area contributed by atoms with E-state index in [1.807, 2.05) is 22.6 Å². The van der Waals surface area contributed by atoms with Gasteiger partial charge in [-0.2, -0.15) is 0 Å². The third-order valence-electron chi connectivity index (χ3n) is 4.58. The first-order chi connectivity index (χ1) is 12.6. The Bertz CT molecular complexity index is 908. The first-order valence-electron chi connectivity index (χ1n) is 8.09. The highest BCUT2D eigenvalue weighted by molar-refractivity contribution is 14.1. The molecule has 4 N–H and O–H groups in total. The van der Waals surface area contributed by atoms with E-state index < -0.39 is 40.7 Å². The zero-order valence-corrected chi connectivity index (χ0v) is 17.7. The summed E-state index contributed by atoms with van der Waals surface area (Å²) in [6.07, 6.45) is 0. The van der Waals surface area contributed by atoms with Crippen molar-refractivity contribution in [3.8, 4) is 0 Å². The number of anilines is 2. The van der Waals surface area contributed by atoms with Gasteiger partial charge in [0.05, 0.1) is 30.0 Å². The van der Waals surface area contributed by atoms with Gasteiger partial charge in [0.25, 0.3) is 5.91 Å². The van der Waals surface area contributed by atoms with Crippen LogP contribution in [0, 0.1) is 21.0 Å². The molecule has 1 atom stereocenters. The SMILES string of the molecule is C[C@@H](N)C1(O)CN(C(=O)c2ccc(F)c(F)c2Nc2ccc(I)cc2F)C1.Cl. The number of hydrogen-bond donors (Lipinski definition) is 3. The average molecular weight is 528 g/mol. The number of rotatable bonds is 4. The Hall–Kier alpha value is -1.56. The van der Waals surface area contributed by atoms with E-state index in [-0.39, 0.29) is 36.7 Å². The Labute approximate surface area is 179 Å². The smallest absolute Gasteiger partial charge is 0.256 e. The fraction of sp³-hybridized carbons (Fsp3) is 0.278. The van der Waals surface area contributed by atoms with Crippen molar-refractivity contribution in [2.24, 2.45) is 5.73 Å². The van der Waals surface area contributed by atoms with E-state index in [9.17, 15) is 23.1 Å². The summed E-state index contributed by atoms with van der Waals surface area (Å²) in [6.45, 7) is 1.56. The predicted octanol–water partition coefficient (Wildman–Crippen LogP) is 3.41. The minimum Gasteiger partial charge on any atom is -0.385 e. The Morgan fingerprint density at radius 1 is 1.25 bits per heavy atom. The fourth-order valence-electron chi connectivity index (χ4n) is 2.79. The van der Waals surface area contributed by atoms with Crippen molar-refractivity contribution in [1.29, 1.82) is 0 Å². The number of aliphatic hydroxyl groups is 1. The van der Waals surface area contributed by atoms with Crippen LogP contribution in [0.4, 0.5) is 24.5 Å². The Morgan fingerprint density at radius 2 is 1.89 bits per heavy atom. The van der Waals surface area contributed by atoms with Crippen LogP contribution < -0.4 is 11.1 Å². The van der Waals surface area contributed by atoms with Gasteiger partial charge in [0, 0.05) is 9.61 Å². The standard InChI is InChI=1S/C18H17F3IN3O2.ClH/c1-9(23)18(27)7-25(8-18)17(26)11-3-4-12(19)15(21)16(11)24-14-5-2-10(22)6-13(14)20;/h2-6,9,24,27H,7-8,23H2,1H3;1H/t9-;/m1./s1. The largest absolute Gasteiger partial charge is 0.385 e. The molecule has 2 aromatic carbocycles. The van der Waals surface area contributed by atoms with Crippen LogP contribution in [0.5, 0.6) is 0 Å². The van der Waals surface area contributed by atoms with Crippen molar-refractivity contribution >= 4 is 52.3 Å². The lowest BCUT2D eigenvalue weighted by Crippen LogP contribution is -2.70. The predicted molar refractivity (Wildman–Crippen MR) is 111 cm³/mol. The van der Waals surface area contributed by atoms with Crippen LogP contribution in [0.15, 0.2) is 30.3 Å². The molecule has 1 fully saturated rings. The Kier molecular flexibility index (Phi) is 6.85. The molecule has 5 nitrogen and oxygen atoms in total. The van der Waals surface area contributed by atoms with Crippen LogP contribution in [-0.4, -0.2) is 40.6 Å². The van der Waals surface area contributed by atoms with Crippen LogP contribution in [0.25, 0.3) is 0 Å². The molecule has 2 aromatic rings. The molecule has 1 aliphatic heterocycles. The molecule has 0 bridgehead atoms. The lowest BCUT2D eigenvalue weighted by molar-refractivity contribution is -0.0931. The second-order valence-corrected chi connectivity index (χ2v) is 7.83. The molecule has 0 unspecified atom stereocenters. The molecule has 3 rings (SSSR count). The van der Waals surface area contributed by atoms with Gasteiger partial charge in [-0.25, -0.2) is 13.2 Å². The first-order valence-corrected chi connectivity index (χ1v) is 9.17. The van der Waals surface area contributed by atoms with E-state index in [0.29, 0.717) is 3.57 Å². The van der Waals surface area contributed by atoms with Crippen LogP contribution in [0.1, 0.15) is 17.3 Å². The number of nitrogens with zero attached hydrogens (tertiary/aromatic N) is 1. The number of halogens is 5. The van der Waals surface area contributed by atoms with Crippen molar-refractivity contribution in [1.82, 2.24) is 4.90 Å². The molecule has 0 aliphatic carbocycles. The van der Waals surface area contributed by atoms with Gasteiger partial charge < -0.3 is 21.1 Å². The van der Waals surface area contributed by atoms with E-state index in [1.54, 1.807) is 13.0 Å². The van der Waals surface area contributed by atoms with Gasteiger partial charge in [-0.15, -0.1) is 12.4 Å². The number of amides is 1. The first kappa shape index (κ1) is 22.7. The highest BCUT2D eigenvalue weighted by Gasteiger charge is 2.47. The van der Waals surface area contributed by atoms with Crippen molar-refractivity contribution in [3.63, 3.8) is 0 Å². The molecular formula is C18H18ClF3IN3O2.